The van der Waals surface area contributed by atoms with Crippen LogP contribution in [0.25, 0.3) is 6.08 Å². The fraction of sp³-hybridized carbons (Fsp3) is 0.364. The number of nitro benzene ring substituents is 1. The number of likely N-dealkylation sites (tertiary alicyclic amines) is 1. The molecule has 0 aromatic heterocycles. The molecule has 2 aromatic carbocycles. The minimum atomic E-state index is -0.324. The van der Waals surface area contributed by atoms with E-state index in [1.54, 1.807) is 0 Å². The molecule has 27 heavy (non-hydrogen) atoms. The SMILES string of the molecule is CC(C)c1ccc(C=CN2CCCC2)c([N+](=O)[O-])c1OCc1ccccc1. The van der Waals surface area contributed by atoms with Gasteiger partial charge in [-0.05, 0) is 42.7 Å². The smallest absolute Gasteiger partial charge is 0.318 e. The molecule has 2 aromatic rings. The van der Waals surface area contributed by atoms with Gasteiger partial charge in [-0.1, -0.05) is 50.2 Å². The molecule has 0 atom stereocenters. The first-order valence-electron chi connectivity index (χ1n) is 9.46. The van der Waals surface area contributed by atoms with E-state index in [4.69, 9.17) is 4.74 Å². The molecular formula is C22H26N2O3. The molecule has 5 nitrogen and oxygen atoms in total. The predicted molar refractivity (Wildman–Crippen MR) is 108 cm³/mol. The van der Waals surface area contributed by atoms with Crippen LogP contribution >= 0.6 is 0 Å². The van der Waals surface area contributed by atoms with Gasteiger partial charge in [-0.3, -0.25) is 10.1 Å². The first kappa shape index (κ1) is 19.0. The van der Waals surface area contributed by atoms with Crippen LogP contribution in [0.2, 0.25) is 0 Å². The van der Waals surface area contributed by atoms with E-state index < -0.39 is 0 Å². The highest BCUT2D eigenvalue weighted by molar-refractivity contribution is 5.69. The van der Waals surface area contributed by atoms with Crippen molar-refractivity contribution >= 4 is 11.8 Å². The Morgan fingerprint density at radius 2 is 1.85 bits per heavy atom. The summed E-state index contributed by atoms with van der Waals surface area (Å²) in [7, 11) is 0. The average molecular weight is 366 g/mol. The van der Waals surface area contributed by atoms with Gasteiger partial charge in [0.15, 0.2) is 0 Å². The molecule has 1 aliphatic heterocycles. The Morgan fingerprint density at radius 3 is 2.48 bits per heavy atom. The summed E-state index contributed by atoms with van der Waals surface area (Å²) in [5.41, 5.74) is 2.47. The topological polar surface area (TPSA) is 55.6 Å². The lowest BCUT2D eigenvalue weighted by Crippen LogP contribution is -2.10. The molecule has 0 spiro atoms. The summed E-state index contributed by atoms with van der Waals surface area (Å²) < 4.78 is 6.00. The van der Waals surface area contributed by atoms with E-state index in [0.29, 0.717) is 17.9 Å². The van der Waals surface area contributed by atoms with E-state index in [2.05, 4.69) is 4.90 Å². The first-order chi connectivity index (χ1) is 13.1. The highest BCUT2D eigenvalue weighted by atomic mass is 16.6. The Bertz CT molecular complexity index is 810. The van der Waals surface area contributed by atoms with Gasteiger partial charge in [-0.25, -0.2) is 0 Å². The molecule has 1 heterocycles. The second-order valence-electron chi connectivity index (χ2n) is 7.17. The lowest BCUT2D eigenvalue weighted by Gasteiger charge is -2.16. The van der Waals surface area contributed by atoms with Crippen LogP contribution in [-0.4, -0.2) is 22.9 Å². The van der Waals surface area contributed by atoms with Gasteiger partial charge in [0.05, 0.1) is 10.5 Å². The molecule has 0 amide bonds. The second kappa shape index (κ2) is 8.71. The molecule has 142 valence electrons. The Morgan fingerprint density at radius 1 is 1.15 bits per heavy atom. The summed E-state index contributed by atoms with van der Waals surface area (Å²) in [5, 5.41) is 11.9. The lowest BCUT2D eigenvalue weighted by molar-refractivity contribution is -0.386. The van der Waals surface area contributed by atoms with Crippen molar-refractivity contribution in [1.29, 1.82) is 0 Å². The predicted octanol–water partition coefficient (Wildman–Crippen LogP) is 5.36. The number of nitrogens with zero attached hydrogens (tertiary/aromatic N) is 2. The van der Waals surface area contributed by atoms with Crippen molar-refractivity contribution in [3.05, 3.63) is 75.5 Å². The maximum absolute atomic E-state index is 11.9. The molecule has 0 radical (unpaired) electrons. The van der Waals surface area contributed by atoms with Gasteiger partial charge in [0, 0.05) is 18.7 Å². The number of nitro groups is 1. The summed E-state index contributed by atoms with van der Waals surface area (Å²) in [6.45, 7) is 6.36. The van der Waals surface area contributed by atoms with Gasteiger partial charge >= 0.3 is 5.69 Å². The van der Waals surface area contributed by atoms with Gasteiger partial charge in [-0.2, -0.15) is 0 Å². The fourth-order valence-electron chi connectivity index (χ4n) is 3.34. The van der Waals surface area contributed by atoms with Crippen LogP contribution in [0.15, 0.2) is 48.7 Å². The molecule has 1 fully saturated rings. The Balaban J connectivity index is 1.96. The van der Waals surface area contributed by atoms with E-state index in [1.165, 1.54) is 12.8 Å². The molecule has 0 saturated carbocycles. The van der Waals surface area contributed by atoms with Crippen molar-refractivity contribution in [2.75, 3.05) is 13.1 Å². The summed E-state index contributed by atoms with van der Waals surface area (Å²) >= 11 is 0. The van der Waals surface area contributed by atoms with E-state index in [9.17, 15) is 10.1 Å². The van der Waals surface area contributed by atoms with Gasteiger partial charge in [0.1, 0.15) is 6.61 Å². The highest BCUT2D eigenvalue weighted by Gasteiger charge is 2.25. The standard InChI is InChI=1S/C22H26N2O3/c1-17(2)20-11-10-19(12-15-23-13-6-7-14-23)21(24(25)26)22(20)27-16-18-8-4-3-5-9-18/h3-5,8-12,15,17H,6-7,13-14,16H2,1-2H3. The first-order valence-corrected chi connectivity index (χ1v) is 9.46. The van der Waals surface area contributed by atoms with E-state index in [0.717, 1.165) is 24.2 Å². The number of rotatable bonds is 7. The quantitative estimate of drug-likeness (QED) is 0.489. The van der Waals surface area contributed by atoms with Crippen LogP contribution < -0.4 is 4.74 Å². The summed E-state index contributed by atoms with van der Waals surface area (Å²) in [6.07, 6.45) is 6.14. The zero-order valence-corrected chi connectivity index (χ0v) is 15.9. The van der Waals surface area contributed by atoms with Crippen molar-refractivity contribution in [2.45, 2.75) is 39.2 Å². The number of hydrogen-bond acceptors (Lipinski definition) is 4. The van der Waals surface area contributed by atoms with Crippen LogP contribution in [0.5, 0.6) is 5.75 Å². The van der Waals surface area contributed by atoms with E-state index in [-0.39, 0.29) is 16.5 Å². The zero-order chi connectivity index (χ0) is 19.2. The van der Waals surface area contributed by atoms with Crippen LogP contribution in [0.4, 0.5) is 5.69 Å². The number of hydrogen-bond donors (Lipinski definition) is 0. The minimum absolute atomic E-state index is 0.0487. The molecule has 0 bridgehead atoms. The van der Waals surface area contributed by atoms with Gasteiger partial charge in [-0.15, -0.1) is 0 Å². The Labute approximate surface area is 160 Å². The normalized spacial score (nSPS) is 14.3. The molecule has 0 aliphatic carbocycles. The largest absolute Gasteiger partial charge is 0.482 e. The Kier molecular flexibility index (Phi) is 6.12. The van der Waals surface area contributed by atoms with Crippen molar-refractivity contribution in [3.63, 3.8) is 0 Å². The fourth-order valence-corrected chi connectivity index (χ4v) is 3.34. The molecule has 1 aliphatic rings. The third-order valence-corrected chi connectivity index (χ3v) is 4.83. The van der Waals surface area contributed by atoms with Gasteiger partial charge in [0.2, 0.25) is 5.75 Å². The molecule has 0 unspecified atom stereocenters. The van der Waals surface area contributed by atoms with E-state index >= 15 is 0 Å². The van der Waals surface area contributed by atoms with Crippen LogP contribution in [0.3, 0.4) is 0 Å². The van der Waals surface area contributed by atoms with Crippen LogP contribution in [0, 0.1) is 10.1 Å². The van der Waals surface area contributed by atoms with Gasteiger partial charge < -0.3 is 9.64 Å². The molecule has 0 N–H and O–H groups in total. The van der Waals surface area contributed by atoms with Crippen molar-refractivity contribution in [2.24, 2.45) is 0 Å². The van der Waals surface area contributed by atoms with Crippen molar-refractivity contribution in [1.82, 2.24) is 4.90 Å². The Hall–Kier alpha value is -2.82. The van der Waals surface area contributed by atoms with Crippen molar-refractivity contribution < 1.29 is 9.66 Å². The van der Waals surface area contributed by atoms with Gasteiger partial charge in [0.25, 0.3) is 0 Å². The minimum Gasteiger partial charge on any atom is -0.482 e. The third-order valence-electron chi connectivity index (χ3n) is 4.83. The third kappa shape index (κ3) is 4.67. The maximum atomic E-state index is 11.9. The van der Waals surface area contributed by atoms with Crippen LogP contribution in [-0.2, 0) is 6.61 Å². The highest BCUT2D eigenvalue weighted by Crippen LogP contribution is 2.39. The maximum Gasteiger partial charge on any atom is 0.318 e. The zero-order valence-electron chi connectivity index (χ0n) is 15.9. The van der Waals surface area contributed by atoms with Crippen LogP contribution in [0.1, 0.15) is 49.3 Å². The summed E-state index contributed by atoms with van der Waals surface area (Å²) in [5.74, 6) is 0.508. The second-order valence-corrected chi connectivity index (χ2v) is 7.17. The summed E-state index contributed by atoms with van der Waals surface area (Å²) in [6, 6.07) is 13.5. The molecule has 3 rings (SSSR count). The number of benzene rings is 2. The average Bonchev–Trinajstić information content (AvgIpc) is 3.18. The lowest BCUT2D eigenvalue weighted by atomic mass is 9.98. The monoisotopic (exact) mass is 366 g/mol. The van der Waals surface area contributed by atoms with E-state index in [1.807, 2.05) is 68.6 Å². The molecule has 1 saturated heterocycles. The molecular weight excluding hydrogens is 340 g/mol. The van der Waals surface area contributed by atoms with Crippen molar-refractivity contribution in [3.8, 4) is 5.75 Å². The molecule has 5 heteroatoms. The summed E-state index contributed by atoms with van der Waals surface area (Å²) in [4.78, 5) is 13.8. The number of ether oxygens (including phenoxy) is 1.